The number of ether oxygens (including phenoxy) is 1. The Morgan fingerprint density at radius 1 is 1.15 bits per heavy atom. The first-order valence-corrected chi connectivity index (χ1v) is 8.98. The molecule has 0 radical (unpaired) electrons. The van der Waals surface area contributed by atoms with E-state index in [2.05, 4.69) is 4.98 Å². The summed E-state index contributed by atoms with van der Waals surface area (Å²) < 4.78 is 5.35. The normalized spacial score (nSPS) is 14.1. The fourth-order valence-electron chi connectivity index (χ4n) is 2.95. The number of aromatic nitrogens is 1. The van der Waals surface area contributed by atoms with Crippen molar-refractivity contribution in [1.82, 2.24) is 9.88 Å². The van der Waals surface area contributed by atoms with Gasteiger partial charge in [0.15, 0.2) is 5.78 Å². The lowest BCUT2D eigenvalue weighted by Gasteiger charge is -2.32. The highest BCUT2D eigenvalue weighted by Crippen LogP contribution is 2.19. The van der Waals surface area contributed by atoms with E-state index in [0.717, 1.165) is 11.3 Å². The average molecular weight is 368 g/mol. The Bertz CT molecular complexity index is 801. The van der Waals surface area contributed by atoms with Crippen LogP contribution in [0.1, 0.15) is 21.6 Å². The number of nitrogens with zero attached hydrogens (tertiary/aromatic N) is 3. The summed E-state index contributed by atoms with van der Waals surface area (Å²) in [4.78, 5) is 32.8. The van der Waals surface area contributed by atoms with Crippen LogP contribution in [0.25, 0.3) is 0 Å². The third kappa shape index (κ3) is 4.69. The molecular formula is C20H24N4O3. The fraction of sp³-hybridized carbons (Fsp3) is 0.350. The monoisotopic (exact) mass is 368 g/mol. The topological polar surface area (TPSA) is 88.8 Å². The molecule has 2 heterocycles. The molecule has 0 atom stereocenters. The number of amides is 2. The standard InChI is InChI=1S/C20H24N4O3/c1-15-3-2-4-19(22-15)24(20(26)23-9-11-27-12-10-23)14-16-5-7-17(8-6-16)18(25)13-21/h2-8H,9-14,21H2,1H3. The summed E-state index contributed by atoms with van der Waals surface area (Å²) in [6, 6.07) is 12.7. The van der Waals surface area contributed by atoms with E-state index in [9.17, 15) is 9.59 Å². The number of pyridine rings is 1. The number of ketones is 1. The zero-order valence-electron chi connectivity index (χ0n) is 15.4. The first kappa shape index (κ1) is 19.0. The van der Waals surface area contributed by atoms with Gasteiger partial charge in [0.25, 0.3) is 0 Å². The molecule has 27 heavy (non-hydrogen) atoms. The lowest BCUT2D eigenvalue weighted by atomic mass is 10.1. The van der Waals surface area contributed by atoms with E-state index >= 15 is 0 Å². The maximum Gasteiger partial charge on any atom is 0.326 e. The van der Waals surface area contributed by atoms with Gasteiger partial charge < -0.3 is 15.4 Å². The largest absolute Gasteiger partial charge is 0.378 e. The van der Waals surface area contributed by atoms with E-state index in [1.807, 2.05) is 37.3 Å². The molecule has 1 saturated heterocycles. The van der Waals surface area contributed by atoms with Crippen molar-refractivity contribution in [3.63, 3.8) is 0 Å². The molecule has 0 aliphatic carbocycles. The van der Waals surface area contributed by atoms with E-state index in [4.69, 9.17) is 10.5 Å². The van der Waals surface area contributed by atoms with Gasteiger partial charge in [0.1, 0.15) is 5.82 Å². The summed E-state index contributed by atoms with van der Waals surface area (Å²) in [5.74, 6) is 0.497. The summed E-state index contributed by atoms with van der Waals surface area (Å²) in [6.07, 6.45) is 0. The van der Waals surface area contributed by atoms with E-state index < -0.39 is 0 Å². The van der Waals surface area contributed by atoms with Crippen molar-refractivity contribution in [3.05, 3.63) is 59.3 Å². The van der Waals surface area contributed by atoms with Crippen LogP contribution >= 0.6 is 0 Å². The molecule has 3 rings (SSSR count). The van der Waals surface area contributed by atoms with Gasteiger partial charge in [0.05, 0.1) is 26.3 Å². The second-order valence-corrected chi connectivity index (χ2v) is 6.43. The number of Topliss-reactive ketones (excluding diaryl/α,β-unsaturated/α-hetero) is 1. The molecule has 1 aliphatic rings. The van der Waals surface area contributed by atoms with E-state index in [0.29, 0.717) is 44.2 Å². The molecule has 0 spiro atoms. The highest BCUT2D eigenvalue weighted by atomic mass is 16.5. The van der Waals surface area contributed by atoms with E-state index in [1.165, 1.54) is 0 Å². The molecule has 7 heteroatoms. The molecule has 7 nitrogen and oxygen atoms in total. The molecule has 142 valence electrons. The van der Waals surface area contributed by atoms with Crippen molar-refractivity contribution in [2.24, 2.45) is 5.73 Å². The molecular weight excluding hydrogens is 344 g/mol. The molecule has 0 saturated carbocycles. The van der Waals surface area contributed by atoms with Crippen molar-refractivity contribution in [3.8, 4) is 0 Å². The zero-order chi connectivity index (χ0) is 19.2. The van der Waals surface area contributed by atoms with Crippen LogP contribution < -0.4 is 10.6 Å². The molecule has 2 aromatic rings. The number of carbonyl (C=O) groups is 2. The van der Waals surface area contributed by atoms with Crippen molar-refractivity contribution in [2.45, 2.75) is 13.5 Å². The fourth-order valence-corrected chi connectivity index (χ4v) is 2.95. The van der Waals surface area contributed by atoms with Crippen LogP contribution in [0.5, 0.6) is 0 Å². The van der Waals surface area contributed by atoms with Gasteiger partial charge in [-0.3, -0.25) is 9.69 Å². The first-order chi connectivity index (χ1) is 13.1. The number of urea groups is 1. The predicted molar refractivity (Wildman–Crippen MR) is 103 cm³/mol. The number of hydrogen-bond acceptors (Lipinski definition) is 5. The SMILES string of the molecule is Cc1cccc(N(Cc2ccc(C(=O)CN)cc2)C(=O)N2CCOCC2)n1. The lowest BCUT2D eigenvalue weighted by molar-refractivity contribution is 0.0547. The summed E-state index contributed by atoms with van der Waals surface area (Å²) in [7, 11) is 0. The van der Waals surface area contributed by atoms with E-state index in [1.54, 1.807) is 21.9 Å². The van der Waals surface area contributed by atoms with Crippen LogP contribution in [0.4, 0.5) is 10.6 Å². The predicted octanol–water partition coefficient (Wildman–Crippen LogP) is 1.99. The van der Waals surface area contributed by atoms with Gasteiger partial charge in [-0.1, -0.05) is 30.3 Å². The molecule has 2 amide bonds. The number of anilines is 1. The number of hydrogen-bond donors (Lipinski definition) is 1. The van der Waals surface area contributed by atoms with Gasteiger partial charge >= 0.3 is 6.03 Å². The highest BCUT2D eigenvalue weighted by Gasteiger charge is 2.25. The van der Waals surface area contributed by atoms with Gasteiger partial charge in [-0.05, 0) is 24.6 Å². The van der Waals surface area contributed by atoms with Crippen LogP contribution in [0.2, 0.25) is 0 Å². The second kappa shape index (κ2) is 8.75. The minimum Gasteiger partial charge on any atom is -0.378 e. The highest BCUT2D eigenvalue weighted by molar-refractivity contribution is 5.97. The molecule has 1 aliphatic heterocycles. The third-order valence-electron chi connectivity index (χ3n) is 4.46. The molecule has 0 bridgehead atoms. The van der Waals surface area contributed by atoms with Gasteiger partial charge in [-0.2, -0.15) is 0 Å². The van der Waals surface area contributed by atoms with Gasteiger partial charge in [0, 0.05) is 24.3 Å². The minimum atomic E-state index is -0.108. The third-order valence-corrected chi connectivity index (χ3v) is 4.46. The Morgan fingerprint density at radius 2 is 1.85 bits per heavy atom. The molecule has 1 aromatic carbocycles. The van der Waals surface area contributed by atoms with Gasteiger partial charge in [-0.25, -0.2) is 9.78 Å². The maximum atomic E-state index is 13.1. The van der Waals surface area contributed by atoms with Gasteiger partial charge in [-0.15, -0.1) is 0 Å². The average Bonchev–Trinajstić information content (AvgIpc) is 2.72. The van der Waals surface area contributed by atoms with Crippen LogP contribution in [0.3, 0.4) is 0 Å². The smallest absolute Gasteiger partial charge is 0.326 e. The van der Waals surface area contributed by atoms with Crippen LogP contribution in [-0.2, 0) is 11.3 Å². The summed E-state index contributed by atoms with van der Waals surface area (Å²) >= 11 is 0. The summed E-state index contributed by atoms with van der Waals surface area (Å²) in [5, 5.41) is 0. The number of aryl methyl sites for hydroxylation is 1. The Morgan fingerprint density at radius 3 is 2.48 bits per heavy atom. The Balaban J connectivity index is 1.85. The number of morpholine rings is 1. The maximum absolute atomic E-state index is 13.1. The Hall–Kier alpha value is -2.77. The Labute approximate surface area is 158 Å². The number of carbonyl (C=O) groups excluding carboxylic acids is 2. The summed E-state index contributed by atoms with van der Waals surface area (Å²) in [5.41, 5.74) is 7.73. The van der Waals surface area contributed by atoms with Gasteiger partial charge in [0.2, 0.25) is 0 Å². The first-order valence-electron chi connectivity index (χ1n) is 8.98. The van der Waals surface area contributed by atoms with Crippen molar-refractivity contribution < 1.29 is 14.3 Å². The minimum absolute atomic E-state index is 0.0196. The molecule has 2 N–H and O–H groups in total. The van der Waals surface area contributed by atoms with Crippen LogP contribution in [-0.4, -0.2) is 54.5 Å². The molecule has 1 fully saturated rings. The van der Waals surface area contributed by atoms with Crippen LogP contribution in [0.15, 0.2) is 42.5 Å². The number of benzene rings is 1. The molecule has 1 aromatic heterocycles. The zero-order valence-corrected chi connectivity index (χ0v) is 15.4. The lowest BCUT2D eigenvalue weighted by Crippen LogP contribution is -2.48. The number of rotatable bonds is 5. The van der Waals surface area contributed by atoms with Crippen molar-refractivity contribution in [2.75, 3.05) is 37.7 Å². The second-order valence-electron chi connectivity index (χ2n) is 6.43. The summed E-state index contributed by atoms with van der Waals surface area (Å²) in [6.45, 7) is 4.44. The van der Waals surface area contributed by atoms with Crippen LogP contribution in [0, 0.1) is 6.92 Å². The van der Waals surface area contributed by atoms with E-state index in [-0.39, 0.29) is 18.4 Å². The molecule has 0 unspecified atom stereocenters. The van der Waals surface area contributed by atoms with Crippen molar-refractivity contribution in [1.29, 1.82) is 0 Å². The number of nitrogens with two attached hydrogens (primary N) is 1. The Kier molecular flexibility index (Phi) is 6.16. The quantitative estimate of drug-likeness (QED) is 0.816. The van der Waals surface area contributed by atoms with Crippen molar-refractivity contribution >= 4 is 17.6 Å².